The molecule has 3 heteroatoms. The summed E-state index contributed by atoms with van der Waals surface area (Å²) in [6.07, 6.45) is 2.45. The fourth-order valence-electron chi connectivity index (χ4n) is 4.39. The Hall–Kier alpha value is -0.497. The maximum atomic E-state index is 2.45. The van der Waals surface area contributed by atoms with E-state index >= 15 is 0 Å². The van der Waals surface area contributed by atoms with Crippen LogP contribution in [0.1, 0.15) is 54.9 Å². The van der Waals surface area contributed by atoms with E-state index < -0.39 is 23.2 Å². The molecule has 0 N–H and O–H groups in total. The van der Waals surface area contributed by atoms with Crippen LogP contribution >= 0.6 is 0 Å². The Morgan fingerprint density at radius 1 is 0.786 bits per heavy atom. The second kappa shape index (κ2) is 9.11. The molecule has 0 saturated heterocycles. The summed E-state index contributed by atoms with van der Waals surface area (Å²) in [5, 5.41) is 0. The summed E-state index contributed by atoms with van der Waals surface area (Å²) in [5.74, 6) is 0. The Kier molecular flexibility index (Phi) is 7.74. The molecule has 4 rings (SSSR count). The first-order chi connectivity index (χ1) is 12.4. The van der Waals surface area contributed by atoms with Gasteiger partial charge in [0.25, 0.3) is 0 Å². The third-order valence-corrected chi connectivity index (χ3v) is 11.8. The molecule has 0 fully saturated rings. The van der Waals surface area contributed by atoms with Crippen molar-refractivity contribution in [2.75, 3.05) is 0 Å². The van der Waals surface area contributed by atoms with Gasteiger partial charge in [-0.1, -0.05) is 0 Å². The van der Waals surface area contributed by atoms with Gasteiger partial charge in [0, 0.05) is 0 Å². The van der Waals surface area contributed by atoms with Crippen LogP contribution in [0.4, 0.5) is 0 Å². The number of rotatable bonds is 3. The van der Waals surface area contributed by atoms with Gasteiger partial charge >= 0.3 is 170 Å². The quantitative estimate of drug-likeness (QED) is 0.512. The van der Waals surface area contributed by atoms with Crippen molar-refractivity contribution in [1.82, 2.24) is 0 Å². The van der Waals surface area contributed by atoms with Crippen molar-refractivity contribution in [2.45, 2.75) is 38.2 Å². The molecule has 2 aromatic carbocycles. The van der Waals surface area contributed by atoms with Crippen LogP contribution in [0.3, 0.4) is 0 Å². The Morgan fingerprint density at radius 2 is 1.39 bits per heavy atom. The van der Waals surface area contributed by atoms with E-state index in [2.05, 4.69) is 95.3 Å². The van der Waals surface area contributed by atoms with Crippen molar-refractivity contribution in [1.29, 1.82) is 0 Å². The van der Waals surface area contributed by atoms with Crippen LogP contribution in [0.5, 0.6) is 0 Å². The second-order valence-corrected chi connectivity index (χ2v) is 11.4. The number of allylic oxidation sites excluding steroid dienone is 5. The molecule has 0 saturated carbocycles. The number of fused-ring (bicyclic) bond motifs is 1. The van der Waals surface area contributed by atoms with Gasteiger partial charge in [0.15, 0.2) is 0 Å². The Labute approximate surface area is 202 Å². The average molecular weight is 578 g/mol. The molecule has 0 heterocycles. The molecule has 0 aromatic heterocycles. The van der Waals surface area contributed by atoms with Crippen molar-refractivity contribution >= 4 is 11.6 Å². The summed E-state index contributed by atoms with van der Waals surface area (Å²) in [6.45, 7) is 11.9. The second-order valence-electron chi connectivity index (χ2n) is 8.05. The van der Waals surface area contributed by atoms with Gasteiger partial charge in [-0.3, -0.25) is 0 Å². The Bertz CT molecular complexity index is 965. The van der Waals surface area contributed by atoms with Gasteiger partial charge in [-0.25, -0.2) is 0 Å². The first-order valence-corrected chi connectivity index (χ1v) is 12.1. The van der Waals surface area contributed by atoms with Crippen molar-refractivity contribution in [3.63, 3.8) is 0 Å². The van der Waals surface area contributed by atoms with Crippen LogP contribution in [0.25, 0.3) is 11.6 Å². The van der Waals surface area contributed by atoms with Gasteiger partial charge in [0.2, 0.25) is 0 Å². The summed E-state index contributed by atoms with van der Waals surface area (Å²) < 4.78 is 2.39. The maximum Gasteiger partial charge on any atom is -1.00 e. The van der Waals surface area contributed by atoms with Gasteiger partial charge < -0.3 is 34.0 Å². The zero-order chi connectivity index (χ0) is 18.5. The number of halogens is 2. The normalized spacial score (nSPS) is 19.5. The van der Waals surface area contributed by atoms with E-state index in [1.165, 1.54) is 22.3 Å². The number of hydrogen-bond donors (Lipinski definition) is 0. The van der Waals surface area contributed by atoms with Crippen LogP contribution in [0.2, 0.25) is 0 Å². The number of hydrogen-bond acceptors (Lipinski definition) is 0. The predicted octanol–water partition coefficient (Wildman–Crippen LogP) is 1.02. The molecular weight excluding hydrogens is 551 g/mol. The first kappa shape index (κ1) is 23.8. The van der Waals surface area contributed by atoms with Gasteiger partial charge in [-0.05, 0) is 0 Å². The molecule has 2 aliphatic carbocycles. The van der Waals surface area contributed by atoms with E-state index in [1.807, 2.05) is 0 Å². The van der Waals surface area contributed by atoms with Crippen molar-refractivity contribution < 1.29 is 57.2 Å². The number of benzene rings is 2. The fourth-order valence-corrected chi connectivity index (χ4v) is 9.46. The van der Waals surface area contributed by atoms with Crippen molar-refractivity contribution in [3.8, 4) is 0 Å². The standard InChI is InChI=1S/C15H11.C10H15.2BrH.Zr/c1-2-6-12(7-3-1)15-10-13-8-4-5-9-14(13)11-15;1-7-6-10(4,5)9(3)8(7)2;;;/h1-11H;1-5H3;2*1H;/q;;;;+2/p-2. The largest absolute Gasteiger partial charge is 1.00 e. The summed E-state index contributed by atoms with van der Waals surface area (Å²) in [6, 6.07) is 20.0. The molecule has 0 bridgehead atoms. The third-order valence-electron chi connectivity index (χ3n) is 6.39. The minimum absolute atomic E-state index is 0. The molecular formula is C25H26Br2Zr. The molecule has 2 aromatic rings. The van der Waals surface area contributed by atoms with Crippen LogP contribution < -0.4 is 34.0 Å². The molecule has 1 unspecified atom stereocenters. The molecule has 0 aliphatic heterocycles. The zero-order valence-electron chi connectivity index (χ0n) is 17.1. The Morgan fingerprint density at radius 3 is 2.00 bits per heavy atom. The van der Waals surface area contributed by atoms with E-state index in [0.717, 1.165) is 0 Å². The van der Waals surface area contributed by atoms with Crippen molar-refractivity contribution in [3.05, 3.63) is 91.3 Å². The topological polar surface area (TPSA) is 0 Å². The monoisotopic (exact) mass is 574 g/mol. The summed E-state index contributed by atoms with van der Waals surface area (Å²) in [5.41, 5.74) is 10.8. The van der Waals surface area contributed by atoms with E-state index in [9.17, 15) is 0 Å². The van der Waals surface area contributed by atoms with Gasteiger partial charge in [-0.15, -0.1) is 0 Å². The SMILES string of the molecule is CC1=C(C)C(C)(C)[C]([Zr+2][CH]2C(c3ccccc3)=Cc3ccccc32)=C1C.[Br-].[Br-]. The van der Waals surface area contributed by atoms with Gasteiger partial charge in [-0.2, -0.15) is 0 Å². The van der Waals surface area contributed by atoms with E-state index in [-0.39, 0.29) is 39.4 Å². The maximum absolute atomic E-state index is 2.45. The minimum Gasteiger partial charge on any atom is -1.00 e. The molecule has 144 valence electrons. The van der Waals surface area contributed by atoms with Crippen LogP contribution in [0.15, 0.2) is 74.6 Å². The summed E-state index contributed by atoms with van der Waals surface area (Å²) in [7, 11) is 0. The minimum atomic E-state index is -0.836. The fraction of sp³-hybridized carbons (Fsp3) is 0.280. The summed E-state index contributed by atoms with van der Waals surface area (Å²) >= 11 is -0.836. The first-order valence-electron chi connectivity index (χ1n) is 9.43. The summed E-state index contributed by atoms with van der Waals surface area (Å²) in [4.78, 5) is 0. The molecule has 1 atom stereocenters. The van der Waals surface area contributed by atoms with Crippen LogP contribution in [-0.2, 0) is 23.2 Å². The van der Waals surface area contributed by atoms with Crippen LogP contribution in [-0.4, -0.2) is 0 Å². The molecule has 0 nitrogen and oxygen atoms in total. The van der Waals surface area contributed by atoms with Crippen LogP contribution in [0, 0.1) is 5.41 Å². The third kappa shape index (κ3) is 3.92. The van der Waals surface area contributed by atoms with E-state index in [1.54, 1.807) is 20.0 Å². The smallest absolute Gasteiger partial charge is 1.00 e. The zero-order valence-corrected chi connectivity index (χ0v) is 22.7. The van der Waals surface area contributed by atoms with Crippen molar-refractivity contribution in [2.24, 2.45) is 5.41 Å². The molecule has 0 amide bonds. The molecule has 2 aliphatic rings. The molecule has 0 radical (unpaired) electrons. The molecule has 28 heavy (non-hydrogen) atoms. The van der Waals surface area contributed by atoms with E-state index in [4.69, 9.17) is 0 Å². The van der Waals surface area contributed by atoms with Gasteiger partial charge in [0.1, 0.15) is 0 Å². The Balaban J connectivity index is 0.00000140. The molecule has 0 spiro atoms. The average Bonchev–Trinajstić information content (AvgIpc) is 3.09. The van der Waals surface area contributed by atoms with Gasteiger partial charge in [0.05, 0.1) is 0 Å². The predicted molar refractivity (Wildman–Crippen MR) is 108 cm³/mol. The van der Waals surface area contributed by atoms with E-state index in [0.29, 0.717) is 3.63 Å².